The van der Waals surface area contributed by atoms with E-state index in [4.69, 9.17) is 4.74 Å². The first-order valence-electron chi connectivity index (χ1n) is 8.06. The van der Waals surface area contributed by atoms with Gasteiger partial charge in [-0.2, -0.15) is 0 Å². The summed E-state index contributed by atoms with van der Waals surface area (Å²) in [6.45, 7) is 2.09. The quantitative estimate of drug-likeness (QED) is 0.610. The van der Waals surface area contributed by atoms with E-state index in [-0.39, 0.29) is 13.2 Å². The SMILES string of the molecule is COc1c2ccccc2c(CNC(C)(CO)CO)c2ccccc12. The molecule has 0 unspecified atom stereocenters. The zero-order valence-electron chi connectivity index (χ0n) is 14.0. The summed E-state index contributed by atoms with van der Waals surface area (Å²) in [4.78, 5) is 0. The third kappa shape index (κ3) is 2.84. The maximum absolute atomic E-state index is 9.53. The van der Waals surface area contributed by atoms with Crippen LogP contribution in [-0.4, -0.2) is 36.1 Å². The molecule has 3 rings (SSSR count). The normalized spacial score (nSPS) is 12.0. The number of rotatable bonds is 6. The van der Waals surface area contributed by atoms with E-state index in [0.29, 0.717) is 6.54 Å². The van der Waals surface area contributed by atoms with Gasteiger partial charge in [-0.25, -0.2) is 0 Å². The van der Waals surface area contributed by atoms with Crippen molar-refractivity contribution in [1.82, 2.24) is 5.32 Å². The Labute approximate surface area is 141 Å². The first kappa shape index (κ1) is 16.7. The van der Waals surface area contributed by atoms with Crippen LogP contribution in [0.25, 0.3) is 21.5 Å². The number of aliphatic hydroxyl groups is 2. The summed E-state index contributed by atoms with van der Waals surface area (Å²) in [6.07, 6.45) is 0. The second kappa shape index (κ2) is 6.77. The van der Waals surface area contributed by atoms with Crippen LogP contribution in [0.3, 0.4) is 0 Å². The maximum atomic E-state index is 9.53. The second-order valence-corrected chi connectivity index (χ2v) is 6.33. The Morgan fingerprint density at radius 2 is 1.33 bits per heavy atom. The molecule has 3 aromatic carbocycles. The van der Waals surface area contributed by atoms with E-state index in [1.54, 1.807) is 14.0 Å². The predicted octanol–water partition coefficient (Wildman–Crippen LogP) is 2.83. The lowest BCUT2D eigenvalue weighted by Crippen LogP contribution is -2.48. The molecule has 3 N–H and O–H groups in total. The molecule has 0 amide bonds. The standard InChI is InChI=1S/C20H23NO3/c1-20(12-22,13-23)21-11-18-14-7-3-5-9-16(14)19(24-2)17-10-6-4-8-15(17)18/h3-10,21-23H,11-13H2,1-2H3. The fourth-order valence-corrected chi connectivity index (χ4v) is 3.05. The summed E-state index contributed by atoms with van der Waals surface area (Å²) < 4.78 is 5.68. The molecule has 0 fully saturated rings. The van der Waals surface area contributed by atoms with Crippen LogP contribution in [0.4, 0.5) is 0 Å². The number of fused-ring (bicyclic) bond motifs is 2. The lowest BCUT2D eigenvalue weighted by molar-refractivity contribution is 0.103. The molecule has 0 aliphatic heterocycles. The molecule has 0 spiro atoms. The number of benzene rings is 3. The van der Waals surface area contributed by atoms with E-state index in [2.05, 4.69) is 29.6 Å². The third-order valence-electron chi connectivity index (χ3n) is 4.59. The van der Waals surface area contributed by atoms with Crippen molar-refractivity contribution in [1.29, 1.82) is 0 Å². The lowest BCUT2D eigenvalue weighted by atomic mass is 9.94. The van der Waals surface area contributed by atoms with E-state index >= 15 is 0 Å². The fraction of sp³-hybridized carbons (Fsp3) is 0.300. The largest absolute Gasteiger partial charge is 0.495 e. The first-order chi connectivity index (χ1) is 11.6. The zero-order chi connectivity index (χ0) is 17.2. The van der Waals surface area contributed by atoms with E-state index in [1.165, 1.54) is 0 Å². The van der Waals surface area contributed by atoms with E-state index in [9.17, 15) is 10.2 Å². The fourth-order valence-electron chi connectivity index (χ4n) is 3.05. The summed E-state index contributed by atoms with van der Waals surface area (Å²) >= 11 is 0. The Kier molecular flexibility index (Phi) is 4.71. The Bertz CT molecular complexity index is 799. The van der Waals surface area contributed by atoms with Crippen molar-refractivity contribution in [3.8, 4) is 5.75 Å². The van der Waals surface area contributed by atoms with Crippen LogP contribution in [0, 0.1) is 0 Å². The number of hydrogen-bond donors (Lipinski definition) is 3. The van der Waals surface area contributed by atoms with Gasteiger partial charge in [-0.1, -0.05) is 48.5 Å². The number of ether oxygens (including phenoxy) is 1. The molecule has 0 saturated heterocycles. The lowest BCUT2D eigenvalue weighted by Gasteiger charge is -2.27. The molecule has 0 aliphatic carbocycles. The van der Waals surface area contributed by atoms with E-state index < -0.39 is 5.54 Å². The molecule has 24 heavy (non-hydrogen) atoms. The van der Waals surface area contributed by atoms with E-state index in [0.717, 1.165) is 32.9 Å². The molecular weight excluding hydrogens is 302 g/mol. The molecule has 0 atom stereocenters. The molecular formula is C20H23NO3. The zero-order valence-corrected chi connectivity index (χ0v) is 14.0. The van der Waals surface area contributed by atoms with Crippen molar-refractivity contribution in [2.75, 3.05) is 20.3 Å². The summed E-state index contributed by atoms with van der Waals surface area (Å²) in [6, 6.07) is 16.3. The Hall–Kier alpha value is -2.14. The molecule has 0 saturated carbocycles. The van der Waals surface area contributed by atoms with Gasteiger partial charge in [0.25, 0.3) is 0 Å². The maximum Gasteiger partial charge on any atom is 0.134 e. The monoisotopic (exact) mass is 325 g/mol. The molecule has 0 aromatic heterocycles. The molecule has 126 valence electrons. The number of hydrogen-bond acceptors (Lipinski definition) is 4. The summed E-state index contributed by atoms with van der Waals surface area (Å²) in [7, 11) is 1.70. The van der Waals surface area contributed by atoms with Crippen LogP contribution in [0.1, 0.15) is 12.5 Å². The highest BCUT2D eigenvalue weighted by Crippen LogP contribution is 2.38. The van der Waals surface area contributed by atoms with Gasteiger partial charge in [-0.15, -0.1) is 0 Å². The Morgan fingerprint density at radius 3 is 1.75 bits per heavy atom. The highest BCUT2D eigenvalue weighted by molar-refractivity contribution is 6.08. The third-order valence-corrected chi connectivity index (χ3v) is 4.59. The Morgan fingerprint density at radius 1 is 0.875 bits per heavy atom. The van der Waals surface area contributed by atoms with Crippen LogP contribution < -0.4 is 10.1 Å². The van der Waals surface area contributed by atoms with Gasteiger partial charge >= 0.3 is 0 Å². The topological polar surface area (TPSA) is 61.7 Å². The van der Waals surface area contributed by atoms with Crippen LogP contribution in [0.2, 0.25) is 0 Å². The minimum atomic E-state index is -0.720. The van der Waals surface area contributed by atoms with Crippen LogP contribution in [-0.2, 0) is 6.54 Å². The minimum absolute atomic E-state index is 0.129. The first-order valence-corrected chi connectivity index (χ1v) is 8.06. The van der Waals surface area contributed by atoms with Gasteiger partial charge in [0.1, 0.15) is 5.75 Å². The number of methoxy groups -OCH3 is 1. The average Bonchev–Trinajstić information content (AvgIpc) is 2.64. The summed E-state index contributed by atoms with van der Waals surface area (Å²) in [5.41, 5.74) is 0.414. The summed E-state index contributed by atoms with van der Waals surface area (Å²) in [5.74, 6) is 0.872. The van der Waals surface area contributed by atoms with E-state index in [1.807, 2.05) is 24.3 Å². The molecule has 4 nitrogen and oxygen atoms in total. The van der Waals surface area contributed by atoms with Crippen molar-refractivity contribution in [3.63, 3.8) is 0 Å². The Balaban J connectivity index is 2.21. The number of nitrogens with one attached hydrogen (secondary N) is 1. The van der Waals surface area contributed by atoms with Crippen molar-refractivity contribution >= 4 is 21.5 Å². The highest BCUT2D eigenvalue weighted by Gasteiger charge is 2.22. The van der Waals surface area contributed by atoms with Crippen molar-refractivity contribution in [2.24, 2.45) is 0 Å². The molecule has 0 heterocycles. The summed E-state index contributed by atoms with van der Waals surface area (Å²) in [5, 5.41) is 26.7. The second-order valence-electron chi connectivity index (χ2n) is 6.33. The minimum Gasteiger partial charge on any atom is -0.495 e. The van der Waals surface area contributed by atoms with Gasteiger partial charge in [-0.3, -0.25) is 0 Å². The average molecular weight is 325 g/mol. The molecule has 0 aliphatic rings. The van der Waals surface area contributed by atoms with Crippen molar-refractivity contribution < 1.29 is 14.9 Å². The number of aliphatic hydroxyl groups excluding tert-OH is 2. The molecule has 0 bridgehead atoms. The van der Waals surface area contributed by atoms with Crippen LogP contribution in [0.5, 0.6) is 5.75 Å². The van der Waals surface area contributed by atoms with Crippen molar-refractivity contribution in [3.05, 3.63) is 54.1 Å². The van der Waals surface area contributed by atoms with Gasteiger partial charge in [0.2, 0.25) is 0 Å². The van der Waals surface area contributed by atoms with Gasteiger partial charge in [0, 0.05) is 17.3 Å². The molecule has 4 heteroatoms. The molecule has 0 radical (unpaired) electrons. The van der Waals surface area contributed by atoms with Gasteiger partial charge < -0.3 is 20.3 Å². The van der Waals surface area contributed by atoms with Gasteiger partial charge in [0.15, 0.2) is 0 Å². The highest BCUT2D eigenvalue weighted by atomic mass is 16.5. The predicted molar refractivity (Wildman–Crippen MR) is 97.4 cm³/mol. The van der Waals surface area contributed by atoms with Gasteiger partial charge in [0.05, 0.1) is 25.9 Å². The van der Waals surface area contributed by atoms with Crippen LogP contribution >= 0.6 is 0 Å². The van der Waals surface area contributed by atoms with Gasteiger partial charge in [-0.05, 0) is 23.3 Å². The van der Waals surface area contributed by atoms with Crippen molar-refractivity contribution in [2.45, 2.75) is 19.0 Å². The van der Waals surface area contributed by atoms with Crippen LogP contribution in [0.15, 0.2) is 48.5 Å². The smallest absolute Gasteiger partial charge is 0.134 e. The molecule has 3 aromatic rings.